The van der Waals surface area contributed by atoms with Crippen molar-refractivity contribution in [2.75, 3.05) is 19.7 Å². The summed E-state index contributed by atoms with van der Waals surface area (Å²) in [6.45, 7) is 2.33. The van der Waals surface area contributed by atoms with Crippen LogP contribution in [0.2, 0.25) is 5.02 Å². The number of amides is 1. The van der Waals surface area contributed by atoms with Crippen LogP contribution in [0.25, 0.3) is 0 Å². The molecule has 0 atom stereocenters. The molecule has 0 radical (unpaired) electrons. The Morgan fingerprint density at radius 1 is 1.21 bits per heavy atom. The standard InChI is InChI=1S/C19H20ClNO2S/c20-15-3-1-14(2-4-15)13-18(22)21-9-7-19(8-10-21)16-6-12-24-17(16)5-11-23-19/h1-4,6,12H,5,7-11,13H2. The molecule has 5 heteroatoms. The number of fused-ring (bicyclic) bond motifs is 2. The third-order valence-electron chi connectivity index (χ3n) is 5.14. The number of ether oxygens (including phenoxy) is 1. The zero-order valence-corrected chi connectivity index (χ0v) is 15.0. The van der Waals surface area contributed by atoms with Crippen LogP contribution in [0, 0.1) is 0 Å². The van der Waals surface area contributed by atoms with Gasteiger partial charge in [0, 0.05) is 29.4 Å². The van der Waals surface area contributed by atoms with Gasteiger partial charge in [-0.25, -0.2) is 0 Å². The summed E-state index contributed by atoms with van der Waals surface area (Å²) >= 11 is 7.73. The molecule has 2 aromatic rings. The van der Waals surface area contributed by atoms with Crippen LogP contribution in [0.15, 0.2) is 35.7 Å². The summed E-state index contributed by atoms with van der Waals surface area (Å²) in [6.07, 6.45) is 3.24. The van der Waals surface area contributed by atoms with Gasteiger partial charge >= 0.3 is 0 Å². The van der Waals surface area contributed by atoms with E-state index in [0.29, 0.717) is 11.4 Å². The van der Waals surface area contributed by atoms with E-state index in [1.807, 2.05) is 40.5 Å². The van der Waals surface area contributed by atoms with Crippen molar-refractivity contribution >= 4 is 28.8 Å². The first kappa shape index (κ1) is 16.1. The van der Waals surface area contributed by atoms with E-state index < -0.39 is 0 Å². The van der Waals surface area contributed by atoms with Crippen LogP contribution in [0.3, 0.4) is 0 Å². The topological polar surface area (TPSA) is 29.5 Å². The normalized spacial score (nSPS) is 19.3. The van der Waals surface area contributed by atoms with Gasteiger partial charge in [0.1, 0.15) is 0 Å². The van der Waals surface area contributed by atoms with Crippen LogP contribution in [0.1, 0.15) is 28.8 Å². The second-order valence-corrected chi connectivity index (χ2v) is 7.97. The molecule has 24 heavy (non-hydrogen) atoms. The van der Waals surface area contributed by atoms with Crippen molar-refractivity contribution in [3.8, 4) is 0 Å². The van der Waals surface area contributed by atoms with Gasteiger partial charge in [0.2, 0.25) is 5.91 Å². The Kier molecular flexibility index (Phi) is 4.37. The largest absolute Gasteiger partial charge is 0.370 e. The Labute approximate surface area is 151 Å². The molecule has 3 heterocycles. The van der Waals surface area contributed by atoms with Crippen LogP contribution < -0.4 is 0 Å². The predicted molar refractivity (Wildman–Crippen MR) is 96.6 cm³/mol. The molecule has 0 bridgehead atoms. The lowest BCUT2D eigenvalue weighted by Gasteiger charge is -2.44. The highest BCUT2D eigenvalue weighted by atomic mass is 35.5. The third-order valence-corrected chi connectivity index (χ3v) is 6.37. The minimum atomic E-state index is -0.162. The number of hydrogen-bond acceptors (Lipinski definition) is 3. The molecule has 126 valence electrons. The highest BCUT2D eigenvalue weighted by Gasteiger charge is 2.42. The van der Waals surface area contributed by atoms with E-state index in [2.05, 4.69) is 11.4 Å². The lowest BCUT2D eigenvalue weighted by Crippen LogP contribution is -2.48. The molecule has 2 aliphatic heterocycles. The van der Waals surface area contributed by atoms with Crippen molar-refractivity contribution in [1.82, 2.24) is 4.90 Å². The molecular weight excluding hydrogens is 342 g/mol. The van der Waals surface area contributed by atoms with Gasteiger partial charge in [-0.3, -0.25) is 4.79 Å². The van der Waals surface area contributed by atoms with Crippen molar-refractivity contribution in [3.05, 3.63) is 56.7 Å². The number of nitrogens with zero attached hydrogens (tertiary/aromatic N) is 1. The molecule has 1 spiro atoms. The molecule has 0 aliphatic carbocycles. The molecule has 1 saturated heterocycles. The first-order valence-corrected chi connectivity index (χ1v) is 9.65. The quantitative estimate of drug-likeness (QED) is 0.808. The van der Waals surface area contributed by atoms with Crippen LogP contribution in [0.5, 0.6) is 0 Å². The van der Waals surface area contributed by atoms with Gasteiger partial charge in [0.05, 0.1) is 18.6 Å². The van der Waals surface area contributed by atoms with Crippen LogP contribution in [0.4, 0.5) is 0 Å². The minimum absolute atomic E-state index is 0.162. The number of hydrogen-bond donors (Lipinski definition) is 0. The lowest BCUT2D eigenvalue weighted by atomic mass is 9.82. The van der Waals surface area contributed by atoms with Crippen molar-refractivity contribution in [3.63, 3.8) is 0 Å². The highest BCUT2D eigenvalue weighted by molar-refractivity contribution is 7.10. The maximum absolute atomic E-state index is 12.6. The van der Waals surface area contributed by atoms with E-state index in [-0.39, 0.29) is 11.5 Å². The molecule has 3 nitrogen and oxygen atoms in total. The summed E-state index contributed by atoms with van der Waals surface area (Å²) < 4.78 is 6.20. The SMILES string of the molecule is O=C(Cc1ccc(Cl)cc1)N1CCC2(CC1)OCCc1sccc12. The second-order valence-electron chi connectivity index (χ2n) is 6.53. The van der Waals surface area contributed by atoms with Gasteiger partial charge < -0.3 is 9.64 Å². The van der Waals surface area contributed by atoms with Crippen LogP contribution in [-0.4, -0.2) is 30.5 Å². The van der Waals surface area contributed by atoms with E-state index in [0.717, 1.165) is 44.5 Å². The molecule has 0 saturated carbocycles. The van der Waals surface area contributed by atoms with Gasteiger partial charge in [0.15, 0.2) is 0 Å². The number of rotatable bonds is 2. The maximum atomic E-state index is 12.6. The molecule has 0 unspecified atom stereocenters. The van der Waals surface area contributed by atoms with Gasteiger partial charge in [0.25, 0.3) is 0 Å². The van der Waals surface area contributed by atoms with E-state index in [4.69, 9.17) is 16.3 Å². The van der Waals surface area contributed by atoms with Crippen LogP contribution >= 0.6 is 22.9 Å². The molecule has 0 N–H and O–H groups in total. The van der Waals surface area contributed by atoms with Crippen molar-refractivity contribution in [2.24, 2.45) is 0 Å². The van der Waals surface area contributed by atoms with Crippen LogP contribution in [-0.2, 0) is 28.0 Å². The van der Waals surface area contributed by atoms with Gasteiger partial charge in [-0.15, -0.1) is 11.3 Å². The number of piperidine rings is 1. The predicted octanol–water partition coefficient (Wildman–Crippen LogP) is 4.03. The zero-order chi connectivity index (χ0) is 16.6. The van der Waals surface area contributed by atoms with Crippen molar-refractivity contribution in [2.45, 2.75) is 31.3 Å². The van der Waals surface area contributed by atoms with Crippen molar-refractivity contribution < 1.29 is 9.53 Å². The second kappa shape index (κ2) is 6.51. The number of halogens is 1. The Morgan fingerprint density at radius 2 is 1.96 bits per heavy atom. The van der Waals surface area contributed by atoms with Gasteiger partial charge in [-0.1, -0.05) is 23.7 Å². The number of carbonyl (C=O) groups excluding carboxylic acids is 1. The molecule has 1 aromatic heterocycles. The molecule has 1 amide bonds. The highest BCUT2D eigenvalue weighted by Crippen LogP contribution is 2.43. The smallest absolute Gasteiger partial charge is 0.226 e. The van der Waals surface area contributed by atoms with E-state index in [9.17, 15) is 4.79 Å². The monoisotopic (exact) mass is 361 g/mol. The Balaban J connectivity index is 1.41. The molecule has 1 fully saturated rings. The summed E-state index contributed by atoms with van der Waals surface area (Å²) in [5, 5.41) is 2.87. The summed E-state index contributed by atoms with van der Waals surface area (Å²) in [5.74, 6) is 0.188. The summed E-state index contributed by atoms with van der Waals surface area (Å²) in [7, 11) is 0. The summed E-state index contributed by atoms with van der Waals surface area (Å²) in [6, 6.07) is 9.73. The molecule has 4 rings (SSSR count). The average Bonchev–Trinajstić information content (AvgIpc) is 3.08. The fraction of sp³-hybridized carbons (Fsp3) is 0.421. The number of thiophene rings is 1. The first-order valence-electron chi connectivity index (χ1n) is 8.39. The summed E-state index contributed by atoms with van der Waals surface area (Å²) in [4.78, 5) is 16.0. The Morgan fingerprint density at radius 3 is 2.71 bits per heavy atom. The third kappa shape index (κ3) is 2.99. The van der Waals surface area contributed by atoms with Crippen molar-refractivity contribution in [1.29, 1.82) is 0 Å². The van der Waals surface area contributed by atoms with E-state index >= 15 is 0 Å². The number of benzene rings is 1. The maximum Gasteiger partial charge on any atom is 0.226 e. The molecule has 1 aromatic carbocycles. The summed E-state index contributed by atoms with van der Waals surface area (Å²) in [5.41, 5.74) is 2.22. The van der Waals surface area contributed by atoms with E-state index in [1.165, 1.54) is 10.4 Å². The number of carbonyl (C=O) groups is 1. The van der Waals surface area contributed by atoms with E-state index in [1.54, 1.807) is 0 Å². The molecule has 2 aliphatic rings. The average molecular weight is 362 g/mol. The Bertz CT molecular complexity index is 732. The Hall–Kier alpha value is -1.36. The fourth-order valence-corrected chi connectivity index (χ4v) is 4.85. The fourth-order valence-electron chi connectivity index (χ4n) is 3.78. The lowest BCUT2D eigenvalue weighted by molar-refractivity contribution is -0.139. The van der Waals surface area contributed by atoms with Gasteiger partial charge in [-0.05, 0) is 47.5 Å². The minimum Gasteiger partial charge on any atom is -0.370 e. The zero-order valence-electron chi connectivity index (χ0n) is 13.5. The van der Waals surface area contributed by atoms with Gasteiger partial charge in [-0.2, -0.15) is 0 Å². The molecular formula is C19H20ClNO2S. The first-order chi connectivity index (χ1) is 11.7. The number of likely N-dealkylation sites (tertiary alicyclic amines) is 1.